The first-order valence-corrected chi connectivity index (χ1v) is 7.64. The maximum Gasteiger partial charge on any atom is 0.320 e. The number of imidazole rings is 1. The van der Waals surface area contributed by atoms with Gasteiger partial charge >= 0.3 is 6.55 Å². The molecule has 3 aromatic rings. The van der Waals surface area contributed by atoms with Gasteiger partial charge in [0.15, 0.2) is 0 Å². The molecule has 0 amide bonds. The van der Waals surface area contributed by atoms with Crippen molar-refractivity contribution in [1.29, 1.82) is 0 Å². The fourth-order valence-corrected chi connectivity index (χ4v) is 2.66. The molecule has 0 radical (unpaired) electrons. The summed E-state index contributed by atoms with van der Waals surface area (Å²) in [6.45, 7) is -0.710. The van der Waals surface area contributed by atoms with Crippen LogP contribution in [0.1, 0.15) is 37.0 Å². The Balaban J connectivity index is 1.79. The summed E-state index contributed by atoms with van der Waals surface area (Å²) >= 11 is 0. The Morgan fingerprint density at radius 2 is 1.88 bits per heavy atom. The molecule has 0 saturated heterocycles. The normalized spacial score (nSPS) is 14.2. The van der Waals surface area contributed by atoms with Gasteiger partial charge in [0, 0.05) is 18.9 Å². The van der Waals surface area contributed by atoms with E-state index in [1.165, 1.54) is 0 Å². The SMILES string of the molecule is CC(NCC(O)c1ccncc1)c1nc2ccccc2n1C(F)F. The number of aliphatic hydroxyl groups is 1. The molecule has 2 atom stereocenters. The van der Waals surface area contributed by atoms with E-state index in [1.807, 2.05) is 0 Å². The number of alkyl halides is 2. The lowest BCUT2D eigenvalue weighted by Gasteiger charge is -2.18. The third-order valence-electron chi connectivity index (χ3n) is 3.91. The Morgan fingerprint density at radius 3 is 2.58 bits per heavy atom. The number of nitrogens with one attached hydrogen (secondary N) is 1. The van der Waals surface area contributed by atoms with Crippen LogP contribution in [-0.2, 0) is 0 Å². The second-order valence-electron chi connectivity index (χ2n) is 5.53. The van der Waals surface area contributed by atoms with E-state index in [4.69, 9.17) is 0 Å². The van der Waals surface area contributed by atoms with Gasteiger partial charge in [0.2, 0.25) is 0 Å². The largest absolute Gasteiger partial charge is 0.387 e. The summed E-state index contributed by atoms with van der Waals surface area (Å²) in [7, 11) is 0. The van der Waals surface area contributed by atoms with Crippen LogP contribution in [0.25, 0.3) is 11.0 Å². The highest BCUT2D eigenvalue weighted by atomic mass is 19.3. The number of nitrogens with zero attached hydrogens (tertiary/aromatic N) is 3. The molecule has 0 bridgehead atoms. The van der Waals surface area contributed by atoms with Crippen LogP contribution in [0.3, 0.4) is 0 Å². The molecule has 2 N–H and O–H groups in total. The molecule has 0 spiro atoms. The fourth-order valence-electron chi connectivity index (χ4n) is 2.66. The number of para-hydroxylation sites is 2. The van der Waals surface area contributed by atoms with Gasteiger partial charge in [-0.15, -0.1) is 0 Å². The lowest BCUT2D eigenvalue weighted by atomic mass is 10.1. The van der Waals surface area contributed by atoms with E-state index in [2.05, 4.69) is 15.3 Å². The molecule has 0 aliphatic rings. The minimum Gasteiger partial charge on any atom is -0.387 e. The van der Waals surface area contributed by atoms with E-state index in [0.717, 1.165) is 4.57 Å². The van der Waals surface area contributed by atoms with Crippen LogP contribution in [0.4, 0.5) is 8.78 Å². The topological polar surface area (TPSA) is 63.0 Å². The first-order chi connectivity index (χ1) is 11.6. The number of hydrogen-bond donors (Lipinski definition) is 2. The highest BCUT2D eigenvalue weighted by molar-refractivity contribution is 5.76. The molecule has 0 fully saturated rings. The molecule has 2 aromatic heterocycles. The zero-order valence-electron chi connectivity index (χ0n) is 13.1. The summed E-state index contributed by atoms with van der Waals surface area (Å²) in [6.07, 6.45) is 2.44. The number of halogens is 2. The third-order valence-corrected chi connectivity index (χ3v) is 3.91. The van der Waals surface area contributed by atoms with E-state index in [-0.39, 0.29) is 12.4 Å². The summed E-state index contributed by atoms with van der Waals surface area (Å²) < 4.78 is 27.8. The average molecular weight is 332 g/mol. The number of aliphatic hydroxyl groups excluding tert-OH is 1. The summed E-state index contributed by atoms with van der Waals surface area (Å²) in [5, 5.41) is 13.2. The van der Waals surface area contributed by atoms with E-state index < -0.39 is 18.7 Å². The van der Waals surface area contributed by atoms with Crippen molar-refractivity contribution >= 4 is 11.0 Å². The zero-order chi connectivity index (χ0) is 17.1. The first kappa shape index (κ1) is 16.5. The fraction of sp³-hybridized carbons (Fsp3) is 0.294. The monoisotopic (exact) mass is 332 g/mol. The van der Waals surface area contributed by atoms with Gasteiger partial charge in [0.05, 0.1) is 23.2 Å². The van der Waals surface area contributed by atoms with Crippen molar-refractivity contribution in [3.63, 3.8) is 0 Å². The Kier molecular flexibility index (Phi) is 4.82. The van der Waals surface area contributed by atoms with E-state index in [9.17, 15) is 13.9 Å². The van der Waals surface area contributed by atoms with Crippen LogP contribution in [0, 0.1) is 0 Å². The maximum atomic E-state index is 13.5. The van der Waals surface area contributed by atoms with Crippen molar-refractivity contribution < 1.29 is 13.9 Å². The second-order valence-corrected chi connectivity index (χ2v) is 5.53. The van der Waals surface area contributed by atoms with Crippen molar-refractivity contribution in [2.75, 3.05) is 6.54 Å². The Labute approximate surface area is 138 Å². The number of rotatable bonds is 6. The highest BCUT2D eigenvalue weighted by Gasteiger charge is 2.22. The summed E-state index contributed by atoms with van der Waals surface area (Å²) in [4.78, 5) is 8.21. The summed E-state index contributed by atoms with van der Waals surface area (Å²) in [6, 6.07) is 9.78. The molecule has 1 aromatic carbocycles. The number of pyridine rings is 1. The Hall–Kier alpha value is -2.38. The quantitative estimate of drug-likeness (QED) is 0.727. The van der Waals surface area contributed by atoms with Gasteiger partial charge in [-0.05, 0) is 36.8 Å². The third kappa shape index (κ3) is 3.27. The molecule has 24 heavy (non-hydrogen) atoms. The van der Waals surface area contributed by atoms with E-state index in [1.54, 1.807) is 55.7 Å². The number of aromatic nitrogens is 3. The van der Waals surface area contributed by atoms with Crippen LogP contribution in [0.15, 0.2) is 48.8 Å². The van der Waals surface area contributed by atoms with Gasteiger partial charge < -0.3 is 10.4 Å². The van der Waals surface area contributed by atoms with E-state index >= 15 is 0 Å². The van der Waals surface area contributed by atoms with Crippen LogP contribution in [-0.4, -0.2) is 26.2 Å². The van der Waals surface area contributed by atoms with Gasteiger partial charge in [-0.2, -0.15) is 8.78 Å². The minimum atomic E-state index is -2.68. The van der Waals surface area contributed by atoms with Gasteiger partial charge in [0.25, 0.3) is 0 Å². The Bertz CT molecular complexity index is 807. The zero-order valence-corrected chi connectivity index (χ0v) is 13.1. The predicted molar refractivity (Wildman–Crippen MR) is 86.6 cm³/mol. The standard InChI is InChI=1S/C17H18F2N4O/c1-11(21-10-15(24)12-6-8-20-9-7-12)16-22-13-4-2-3-5-14(13)23(16)17(18)19/h2-9,11,15,17,21,24H,10H2,1H3. The molecule has 3 rings (SSSR count). The van der Waals surface area contributed by atoms with Crippen molar-refractivity contribution in [3.8, 4) is 0 Å². The molecular formula is C17H18F2N4O. The molecule has 2 heterocycles. The molecular weight excluding hydrogens is 314 g/mol. The number of fused-ring (bicyclic) bond motifs is 1. The highest BCUT2D eigenvalue weighted by Crippen LogP contribution is 2.26. The van der Waals surface area contributed by atoms with Crippen molar-refractivity contribution in [1.82, 2.24) is 19.9 Å². The van der Waals surface area contributed by atoms with Crippen LogP contribution >= 0.6 is 0 Å². The molecule has 0 aliphatic heterocycles. The van der Waals surface area contributed by atoms with Crippen LogP contribution in [0.5, 0.6) is 0 Å². The lowest BCUT2D eigenvalue weighted by Crippen LogP contribution is -2.27. The minimum absolute atomic E-state index is 0.220. The maximum absolute atomic E-state index is 13.5. The predicted octanol–water partition coefficient (Wildman–Crippen LogP) is 3.21. The molecule has 126 valence electrons. The van der Waals surface area contributed by atoms with Gasteiger partial charge in [0.1, 0.15) is 5.82 Å². The van der Waals surface area contributed by atoms with Crippen LogP contribution < -0.4 is 5.32 Å². The van der Waals surface area contributed by atoms with Crippen molar-refractivity contribution in [2.24, 2.45) is 0 Å². The van der Waals surface area contributed by atoms with Gasteiger partial charge in [-0.25, -0.2) is 4.98 Å². The summed E-state index contributed by atoms with van der Waals surface area (Å²) in [5.74, 6) is 0.244. The second kappa shape index (κ2) is 7.02. The van der Waals surface area contributed by atoms with Crippen LogP contribution in [0.2, 0.25) is 0 Å². The molecule has 2 unspecified atom stereocenters. The van der Waals surface area contributed by atoms with Gasteiger partial charge in [-0.3, -0.25) is 9.55 Å². The number of benzene rings is 1. The van der Waals surface area contributed by atoms with Crippen molar-refractivity contribution in [3.05, 3.63) is 60.2 Å². The van der Waals surface area contributed by atoms with E-state index in [0.29, 0.717) is 16.6 Å². The molecule has 7 heteroatoms. The average Bonchev–Trinajstić information content (AvgIpc) is 3.00. The molecule has 0 aliphatic carbocycles. The lowest BCUT2D eigenvalue weighted by molar-refractivity contribution is 0.0694. The Morgan fingerprint density at radius 1 is 1.17 bits per heavy atom. The van der Waals surface area contributed by atoms with Crippen molar-refractivity contribution in [2.45, 2.75) is 25.6 Å². The number of hydrogen-bond acceptors (Lipinski definition) is 4. The molecule has 0 saturated carbocycles. The summed E-state index contributed by atoms with van der Waals surface area (Å²) in [5.41, 5.74) is 1.63. The first-order valence-electron chi connectivity index (χ1n) is 7.64. The molecule has 5 nitrogen and oxygen atoms in total. The smallest absolute Gasteiger partial charge is 0.320 e. The van der Waals surface area contributed by atoms with Gasteiger partial charge in [-0.1, -0.05) is 12.1 Å².